The second-order valence-electron chi connectivity index (χ2n) is 3.64. The number of nitrogens with one attached hydrogen (secondary N) is 2. The van der Waals surface area contributed by atoms with E-state index in [4.69, 9.17) is 5.73 Å². The van der Waals surface area contributed by atoms with Crippen LogP contribution in [0, 0.1) is 0 Å². The van der Waals surface area contributed by atoms with Crippen molar-refractivity contribution >= 4 is 11.9 Å². The molecule has 17 heavy (non-hydrogen) atoms. The number of H-pyrrole nitrogens is 1. The standard InChI is InChI=1S/C10H16N4O3/c1-6(10(16)17-2)14-9(15)8(11)3-7-4-12-5-13-7/h4-6,8H,3,11H2,1-2H3,(H,12,13)(H,14,15). The van der Waals surface area contributed by atoms with Gasteiger partial charge in [-0.15, -0.1) is 0 Å². The fourth-order valence-corrected chi connectivity index (χ4v) is 1.28. The summed E-state index contributed by atoms with van der Waals surface area (Å²) in [6.45, 7) is 1.53. The Kier molecular flexibility index (Phi) is 4.65. The maximum absolute atomic E-state index is 11.6. The molecule has 0 aliphatic carbocycles. The number of methoxy groups -OCH3 is 1. The van der Waals surface area contributed by atoms with E-state index in [2.05, 4.69) is 20.0 Å². The van der Waals surface area contributed by atoms with Crippen LogP contribution >= 0.6 is 0 Å². The summed E-state index contributed by atoms with van der Waals surface area (Å²) in [6, 6.07) is -1.44. The summed E-state index contributed by atoms with van der Waals surface area (Å²) in [5, 5.41) is 2.47. The van der Waals surface area contributed by atoms with Crippen LogP contribution in [0.3, 0.4) is 0 Å². The smallest absolute Gasteiger partial charge is 0.328 e. The summed E-state index contributed by atoms with van der Waals surface area (Å²) >= 11 is 0. The molecule has 0 aromatic carbocycles. The molecular weight excluding hydrogens is 224 g/mol. The summed E-state index contributed by atoms with van der Waals surface area (Å²) in [7, 11) is 1.26. The van der Waals surface area contributed by atoms with E-state index in [1.165, 1.54) is 20.4 Å². The lowest BCUT2D eigenvalue weighted by Crippen LogP contribution is -2.48. The Balaban J connectivity index is 2.44. The molecule has 0 bridgehead atoms. The Morgan fingerprint density at radius 1 is 1.65 bits per heavy atom. The first-order valence-corrected chi connectivity index (χ1v) is 5.15. The van der Waals surface area contributed by atoms with Gasteiger partial charge in [-0.05, 0) is 6.92 Å². The maximum Gasteiger partial charge on any atom is 0.328 e. The highest BCUT2D eigenvalue weighted by Gasteiger charge is 2.20. The molecule has 94 valence electrons. The van der Waals surface area contributed by atoms with E-state index in [-0.39, 0.29) is 0 Å². The zero-order valence-corrected chi connectivity index (χ0v) is 9.77. The Bertz CT molecular complexity index is 377. The molecule has 4 N–H and O–H groups in total. The van der Waals surface area contributed by atoms with E-state index in [9.17, 15) is 9.59 Å². The zero-order valence-electron chi connectivity index (χ0n) is 9.77. The lowest BCUT2D eigenvalue weighted by atomic mass is 10.1. The molecule has 0 radical (unpaired) electrons. The van der Waals surface area contributed by atoms with Gasteiger partial charge in [-0.2, -0.15) is 0 Å². The highest BCUT2D eigenvalue weighted by Crippen LogP contribution is 1.97. The van der Waals surface area contributed by atoms with Crippen LogP contribution in [-0.4, -0.2) is 41.0 Å². The normalized spacial score (nSPS) is 13.8. The highest BCUT2D eigenvalue weighted by atomic mass is 16.5. The van der Waals surface area contributed by atoms with Crippen molar-refractivity contribution in [3.05, 3.63) is 18.2 Å². The van der Waals surface area contributed by atoms with Gasteiger partial charge in [0, 0.05) is 18.3 Å². The largest absolute Gasteiger partial charge is 0.467 e. The molecule has 0 spiro atoms. The number of imidazole rings is 1. The first kappa shape index (κ1) is 13.2. The number of carbonyl (C=O) groups is 2. The maximum atomic E-state index is 11.6. The SMILES string of the molecule is COC(=O)C(C)NC(=O)C(N)Cc1cnc[nH]1. The summed E-state index contributed by atoms with van der Waals surface area (Å²) in [4.78, 5) is 29.4. The number of esters is 1. The lowest BCUT2D eigenvalue weighted by Gasteiger charge is -2.15. The number of hydrogen-bond donors (Lipinski definition) is 3. The summed E-state index contributed by atoms with van der Waals surface area (Å²) in [6.07, 6.45) is 3.44. The number of nitrogens with zero attached hydrogens (tertiary/aromatic N) is 1. The monoisotopic (exact) mass is 240 g/mol. The van der Waals surface area contributed by atoms with E-state index in [0.717, 1.165) is 5.69 Å². The molecule has 0 aliphatic heterocycles. The first-order valence-electron chi connectivity index (χ1n) is 5.15. The third kappa shape index (κ3) is 3.87. The molecule has 0 fully saturated rings. The third-order valence-electron chi connectivity index (χ3n) is 2.24. The molecule has 2 unspecified atom stereocenters. The molecule has 2 atom stereocenters. The molecule has 1 aromatic rings. The van der Waals surface area contributed by atoms with E-state index >= 15 is 0 Å². The van der Waals surface area contributed by atoms with E-state index < -0.39 is 24.0 Å². The number of amides is 1. The van der Waals surface area contributed by atoms with Crippen LogP contribution in [0.2, 0.25) is 0 Å². The Morgan fingerprint density at radius 3 is 2.88 bits per heavy atom. The number of aromatic amines is 1. The van der Waals surface area contributed by atoms with Gasteiger partial charge in [-0.1, -0.05) is 0 Å². The van der Waals surface area contributed by atoms with Crippen LogP contribution in [0.1, 0.15) is 12.6 Å². The zero-order chi connectivity index (χ0) is 12.8. The topological polar surface area (TPSA) is 110 Å². The fourth-order valence-electron chi connectivity index (χ4n) is 1.28. The Morgan fingerprint density at radius 2 is 2.35 bits per heavy atom. The number of hydrogen-bond acceptors (Lipinski definition) is 5. The summed E-state index contributed by atoms with van der Waals surface area (Å²) in [5.74, 6) is -0.912. The number of ether oxygens (including phenoxy) is 1. The number of aromatic nitrogens is 2. The first-order chi connectivity index (χ1) is 8.04. The van der Waals surface area contributed by atoms with E-state index in [1.807, 2.05) is 0 Å². The van der Waals surface area contributed by atoms with Gasteiger partial charge in [0.2, 0.25) is 5.91 Å². The van der Waals surface area contributed by atoms with Gasteiger partial charge in [-0.25, -0.2) is 9.78 Å². The van der Waals surface area contributed by atoms with Crippen LogP contribution in [0.25, 0.3) is 0 Å². The number of rotatable bonds is 5. The van der Waals surface area contributed by atoms with Crippen LogP contribution in [0.4, 0.5) is 0 Å². The molecule has 0 saturated heterocycles. The average Bonchev–Trinajstić information content (AvgIpc) is 2.80. The van der Waals surface area contributed by atoms with Gasteiger partial charge in [0.1, 0.15) is 6.04 Å². The van der Waals surface area contributed by atoms with Crippen molar-refractivity contribution in [3.8, 4) is 0 Å². The van der Waals surface area contributed by atoms with Gasteiger partial charge in [-0.3, -0.25) is 4.79 Å². The van der Waals surface area contributed by atoms with Gasteiger partial charge in [0.25, 0.3) is 0 Å². The van der Waals surface area contributed by atoms with Gasteiger partial charge >= 0.3 is 5.97 Å². The predicted molar refractivity (Wildman–Crippen MR) is 59.9 cm³/mol. The Hall–Kier alpha value is -1.89. The molecule has 7 heteroatoms. The van der Waals surface area contributed by atoms with Crippen LogP contribution in [-0.2, 0) is 20.7 Å². The summed E-state index contributed by atoms with van der Waals surface area (Å²) in [5.41, 5.74) is 6.45. The molecule has 1 rings (SSSR count). The molecule has 1 aromatic heterocycles. The number of nitrogens with two attached hydrogens (primary N) is 1. The lowest BCUT2D eigenvalue weighted by molar-refractivity contribution is -0.144. The van der Waals surface area contributed by atoms with Crippen molar-refractivity contribution in [3.63, 3.8) is 0 Å². The van der Waals surface area contributed by atoms with Crippen molar-refractivity contribution in [2.75, 3.05) is 7.11 Å². The average molecular weight is 240 g/mol. The quantitative estimate of drug-likeness (QED) is 0.569. The molecular formula is C10H16N4O3. The van der Waals surface area contributed by atoms with E-state index in [1.54, 1.807) is 6.20 Å². The predicted octanol–water partition coefficient (Wildman–Crippen LogP) is -1.04. The minimum atomic E-state index is -0.734. The van der Waals surface area contributed by atoms with Gasteiger partial charge in [0.05, 0.1) is 19.5 Å². The van der Waals surface area contributed by atoms with Gasteiger partial charge < -0.3 is 20.8 Å². The van der Waals surface area contributed by atoms with Crippen molar-refractivity contribution in [2.24, 2.45) is 5.73 Å². The fraction of sp³-hybridized carbons (Fsp3) is 0.500. The van der Waals surface area contributed by atoms with Crippen LogP contribution < -0.4 is 11.1 Å². The minimum absolute atomic E-state index is 0.333. The van der Waals surface area contributed by atoms with Crippen molar-refractivity contribution in [1.82, 2.24) is 15.3 Å². The Labute approximate surface area is 98.7 Å². The van der Waals surface area contributed by atoms with E-state index in [0.29, 0.717) is 6.42 Å². The second kappa shape index (κ2) is 6.00. The third-order valence-corrected chi connectivity index (χ3v) is 2.24. The second-order valence-corrected chi connectivity index (χ2v) is 3.64. The number of carbonyl (C=O) groups excluding carboxylic acids is 2. The van der Waals surface area contributed by atoms with Crippen LogP contribution in [0.5, 0.6) is 0 Å². The molecule has 7 nitrogen and oxygen atoms in total. The van der Waals surface area contributed by atoms with Crippen molar-refractivity contribution in [2.45, 2.75) is 25.4 Å². The summed E-state index contributed by atoms with van der Waals surface area (Å²) < 4.78 is 4.49. The van der Waals surface area contributed by atoms with Gasteiger partial charge in [0.15, 0.2) is 0 Å². The van der Waals surface area contributed by atoms with Crippen LogP contribution in [0.15, 0.2) is 12.5 Å². The highest BCUT2D eigenvalue weighted by molar-refractivity contribution is 5.87. The molecule has 1 amide bonds. The van der Waals surface area contributed by atoms with Crippen molar-refractivity contribution in [1.29, 1.82) is 0 Å². The minimum Gasteiger partial charge on any atom is -0.467 e. The van der Waals surface area contributed by atoms with Crippen molar-refractivity contribution < 1.29 is 14.3 Å². The molecule has 0 saturated carbocycles. The molecule has 1 heterocycles. The molecule has 0 aliphatic rings.